The van der Waals surface area contributed by atoms with E-state index < -0.39 is 0 Å². The molecule has 6 atom stereocenters. The van der Waals surface area contributed by atoms with E-state index in [9.17, 15) is 5.11 Å². The smallest absolute Gasteiger partial charge is 0.0585 e. The average molecular weight is 239 g/mol. The van der Waals surface area contributed by atoms with E-state index in [0.29, 0.717) is 17.8 Å². The normalized spacial score (nSPS) is 46.2. The van der Waals surface area contributed by atoms with Gasteiger partial charge in [-0.2, -0.15) is 0 Å². The number of nitrogens with zero attached hydrogens (tertiary/aromatic N) is 1. The molecule has 2 aliphatic carbocycles. The lowest BCUT2D eigenvalue weighted by molar-refractivity contribution is 0.000976. The quantitative estimate of drug-likeness (QED) is 0.815. The summed E-state index contributed by atoms with van der Waals surface area (Å²) in [7, 11) is 2.22. The Hall–Kier alpha value is -0.0800. The lowest BCUT2D eigenvalue weighted by Crippen LogP contribution is -2.42. The van der Waals surface area contributed by atoms with Crippen LogP contribution in [-0.4, -0.2) is 36.2 Å². The summed E-state index contributed by atoms with van der Waals surface area (Å²) in [5, 5.41) is 10.2. The van der Waals surface area contributed by atoms with Gasteiger partial charge in [-0.15, -0.1) is 0 Å². The van der Waals surface area contributed by atoms with Crippen LogP contribution < -0.4 is 0 Å². The zero-order valence-electron chi connectivity index (χ0n) is 11.9. The van der Waals surface area contributed by atoms with Gasteiger partial charge < -0.3 is 10.0 Å². The molecule has 0 aliphatic heterocycles. The average Bonchev–Trinajstić information content (AvgIpc) is 2.88. The molecule has 0 saturated heterocycles. The lowest BCUT2D eigenvalue weighted by atomic mass is 9.73. The predicted molar refractivity (Wildman–Crippen MR) is 71.8 cm³/mol. The van der Waals surface area contributed by atoms with E-state index in [0.717, 1.165) is 24.8 Å². The largest absolute Gasteiger partial charge is 0.393 e. The number of aliphatic hydroxyl groups is 1. The molecule has 2 saturated carbocycles. The first-order chi connectivity index (χ1) is 7.97. The van der Waals surface area contributed by atoms with Crippen molar-refractivity contribution < 1.29 is 5.11 Å². The highest BCUT2D eigenvalue weighted by Gasteiger charge is 2.36. The Morgan fingerprint density at radius 2 is 1.65 bits per heavy atom. The van der Waals surface area contributed by atoms with Gasteiger partial charge in [-0.05, 0) is 50.0 Å². The van der Waals surface area contributed by atoms with Gasteiger partial charge in [0.1, 0.15) is 0 Å². The van der Waals surface area contributed by atoms with Gasteiger partial charge >= 0.3 is 0 Å². The molecule has 2 heteroatoms. The van der Waals surface area contributed by atoms with Crippen molar-refractivity contribution >= 4 is 0 Å². The molecular formula is C15H29NO. The number of rotatable bonds is 4. The summed E-state index contributed by atoms with van der Waals surface area (Å²) in [4.78, 5) is 2.45. The molecule has 6 unspecified atom stereocenters. The van der Waals surface area contributed by atoms with Crippen molar-refractivity contribution in [3.8, 4) is 0 Å². The fourth-order valence-corrected chi connectivity index (χ4v) is 3.66. The maximum atomic E-state index is 10.2. The Kier molecular flexibility index (Phi) is 4.14. The fourth-order valence-electron chi connectivity index (χ4n) is 3.66. The fraction of sp³-hybridized carbons (Fsp3) is 1.00. The van der Waals surface area contributed by atoms with E-state index >= 15 is 0 Å². The van der Waals surface area contributed by atoms with Crippen molar-refractivity contribution in [2.24, 2.45) is 29.6 Å². The molecule has 0 radical (unpaired) electrons. The molecule has 0 aromatic rings. The van der Waals surface area contributed by atoms with Crippen molar-refractivity contribution in [1.82, 2.24) is 4.90 Å². The van der Waals surface area contributed by atoms with Gasteiger partial charge in [-0.3, -0.25) is 0 Å². The summed E-state index contributed by atoms with van der Waals surface area (Å²) in [5.74, 6) is 3.73. The Morgan fingerprint density at radius 1 is 1.00 bits per heavy atom. The van der Waals surface area contributed by atoms with Crippen molar-refractivity contribution in [1.29, 1.82) is 0 Å². The topological polar surface area (TPSA) is 23.5 Å². The maximum Gasteiger partial charge on any atom is 0.0585 e. The van der Waals surface area contributed by atoms with Gasteiger partial charge in [0, 0.05) is 19.0 Å². The SMILES string of the molecule is CC1CC(C)C(CN(C)CC2CC2C)C(O)C1. The van der Waals surface area contributed by atoms with Crippen LogP contribution in [0.25, 0.3) is 0 Å². The molecule has 2 aliphatic rings. The van der Waals surface area contributed by atoms with E-state index in [1.54, 1.807) is 0 Å². The van der Waals surface area contributed by atoms with Crippen LogP contribution in [0.1, 0.15) is 40.0 Å². The maximum absolute atomic E-state index is 10.2. The van der Waals surface area contributed by atoms with E-state index in [2.05, 4.69) is 32.7 Å². The predicted octanol–water partition coefficient (Wildman–Crippen LogP) is 2.62. The van der Waals surface area contributed by atoms with Crippen LogP contribution in [-0.2, 0) is 0 Å². The van der Waals surface area contributed by atoms with Crippen molar-refractivity contribution in [2.45, 2.75) is 46.1 Å². The molecule has 0 bridgehead atoms. The third kappa shape index (κ3) is 3.45. The summed E-state index contributed by atoms with van der Waals surface area (Å²) >= 11 is 0. The second-order valence-corrected chi connectivity index (χ2v) is 6.98. The van der Waals surface area contributed by atoms with Crippen molar-refractivity contribution in [3.05, 3.63) is 0 Å². The number of hydrogen-bond donors (Lipinski definition) is 1. The van der Waals surface area contributed by atoms with Gasteiger partial charge in [0.15, 0.2) is 0 Å². The van der Waals surface area contributed by atoms with E-state index in [1.165, 1.54) is 19.4 Å². The van der Waals surface area contributed by atoms with Gasteiger partial charge in [0.2, 0.25) is 0 Å². The lowest BCUT2D eigenvalue weighted by Gasteiger charge is -2.39. The third-order valence-electron chi connectivity index (χ3n) is 4.99. The first-order valence-electron chi connectivity index (χ1n) is 7.34. The van der Waals surface area contributed by atoms with E-state index in [1.807, 2.05) is 0 Å². The van der Waals surface area contributed by atoms with Crippen molar-refractivity contribution in [2.75, 3.05) is 20.1 Å². The highest BCUT2D eigenvalue weighted by Crippen LogP contribution is 2.39. The molecule has 2 nitrogen and oxygen atoms in total. The minimum atomic E-state index is -0.0761. The van der Waals surface area contributed by atoms with E-state index in [4.69, 9.17) is 0 Å². The molecule has 17 heavy (non-hydrogen) atoms. The first kappa shape index (κ1) is 13.4. The van der Waals surface area contributed by atoms with Gasteiger partial charge in [0.05, 0.1) is 6.10 Å². The summed E-state index contributed by atoms with van der Waals surface area (Å²) in [5.41, 5.74) is 0. The Balaban J connectivity index is 1.80. The third-order valence-corrected chi connectivity index (χ3v) is 4.99. The zero-order chi connectivity index (χ0) is 12.6. The monoisotopic (exact) mass is 239 g/mol. The number of hydrogen-bond acceptors (Lipinski definition) is 2. The van der Waals surface area contributed by atoms with Crippen LogP contribution in [0.2, 0.25) is 0 Å². The molecule has 100 valence electrons. The molecule has 0 amide bonds. The Labute approximate surface area is 106 Å². The molecule has 1 N–H and O–H groups in total. The zero-order valence-corrected chi connectivity index (χ0v) is 11.9. The van der Waals surface area contributed by atoms with Crippen LogP contribution in [0.4, 0.5) is 0 Å². The molecule has 2 fully saturated rings. The molecule has 2 rings (SSSR count). The Bertz CT molecular complexity index is 243. The summed E-state index contributed by atoms with van der Waals surface area (Å²) in [6.07, 6.45) is 3.62. The van der Waals surface area contributed by atoms with Gasteiger partial charge in [-0.25, -0.2) is 0 Å². The first-order valence-corrected chi connectivity index (χ1v) is 7.34. The minimum absolute atomic E-state index is 0.0761. The van der Waals surface area contributed by atoms with E-state index in [-0.39, 0.29) is 6.10 Å². The van der Waals surface area contributed by atoms with Gasteiger partial charge in [0.25, 0.3) is 0 Å². The van der Waals surface area contributed by atoms with Crippen molar-refractivity contribution in [3.63, 3.8) is 0 Å². The summed E-state index contributed by atoms with van der Waals surface area (Å²) in [6.45, 7) is 9.24. The Morgan fingerprint density at radius 3 is 2.18 bits per heavy atom. The standard InChI is InChI=1S/C15H29NO/c1-10-5-12(3)14(15(17)6-10)9-16(4)8-13-7-11(13)2/h10-15,17H,5-9H2,1-4H3. The highest BCUT2D eigenvalue weighted by atomic mass is 16.3. The van der Waals surface area contributed by atoms with Crippen LogP contribution in [0.5, 0.6) is 0 Å². The summed E-state index contributed by atoms with van der Waals surface area (Å²) in [6, 6.07) is 0. The summed E-state index contributed by atoms with van der Waals surface area (Å²) < 4.78 is 0. The van der Waals surface area contributed by atoms with Crippen LogP contribution in [0.3, 0.4) is 0 Å². The van der Waals surface area contributed by atoms with Gasteiger partial charge in [-0.1, -0.05) is 20.8 Å². The number of aliphatic hydroxyl groups excluding tert-OH is 1. The molecule has 0 heterocycles. The molecule has 0 spiro atoms. The second kappa shape index (κ2) is 5.27. The second-order valence-electron chi connectivity index (χ2n) is 6.98. The van der Waals surface area contributed by atoms with Crippen LogP contribution >= 0.6 is 0 Å². The van der Waals surface area contributed by atoms with Crippen LogP contribution in [0.15, 0.2) is 0 Å². The highest BCUT2D eigenvalue weighted by molar-refractivity contribution is 4.88. The molecule has 0 aromatic carbocycles. The van der Waals surface area contributed by atoms with Crippen LogP contribution in [0, 0.1) is 29.6 Å². The molecular weight excluding hydrogens is 210 g/mol. The molecule has 0 aromatic heterocycles. The minimum Gasteiger partial charge on any atom is -0.393 e.